The van der Waals surface area contributed by atoms with Crippen molar-refractivity contribution in [3.8, 4) is 0 Å². The third kappa shape index (κ3) is 4.22. The number of carboxylic acid groups (broad SMARTS) is 1. The van der Waals surface area contributed by atoms with Crippen molar-refractivity contribution in [3.05, 3.63) is 30.1 Å². The summed E-state index contributed by atoms with van der Waals surface area (Å²) in [7, 11) is 1.58. The van der Waals surface area contributed by atoms with Crippen LogP contribution in [0.5, 0.6) is 0 Å². The highest BCUT2D eigenvalue weighted by atomic mass is 19.1. The third-order valence-corrected chi connectivity index (χ3v) is 2.90. The number of carboxylic acids is 1. The highest BCUT2D eigenvalue weighted by Gasteiger charge is 2.20. The van der Waals surface area contributed by atoms with E-state index < -0.39 is 11.8 Å². The van der Waals surface area contributed by atoms with Crippen LogP contribution >= 0.6 is 0 Å². The number of anilines is 1. The SMILES string of the molecule is CCN(C(=O)N(C)CCCC(=O)O)c1ccccc1F. The van der Waals surface area contributed by atoms with Crippen LogP contribution in [0.4, 0.5) is 14.9 Å². The monoisotopic (exact) mass is 282 g/mol. The van der Waals surface area contributed by atoms with E-state index in [1.165, 1.54) is 15.9 Å². The minimum atomic E-state index is -0.896. The van der Waals surface area contributed by atoms with Gasteiger partial charge in [-0.05, 0) is 25.5 Å². The average molecular weight is 282 g/mol. The Morgan fingerprint density at radius 2 is 1.95 bits per heavy atom. The summed E-state index contributed by atoms with van der Waals surface area (Å²) in [6, 6.07) is 5.73. The fraction of sp³-hybridized carbons (Fsp3) is 0.429. The molecule has 20 heavy (non-hydrogen) atoms. The van der Waals surface area contributed by atoms with E-state index in [-0.39, 0.29) is 18.1 Å². The normalized spacial score (nSPS) is 10.2. The van der Waals surface area contributed by atoms with Gasteiger partial charge in [-0.25, -0.2) is 9.18 Å². The fourth-order valence-corrected chi connectivity index (χ4v) is 1.85. The van der Waals surface area contributed by atoms with Crippen LogP contribution in [0.3, 0.4) is 0 Å². The number of para-hydroxylation sites is 1. The number of hydrogen-bond donors (Lipinski definition) is 1. The van der Waals surface area contributed by atoms with Crippen LogP contribution in [0.2, 0.25) is 0 Å². The van der Waals surface area contributed by atoms with E-state index in [1.54, 1.807) is 32.2 Å². The minimum Gasteiger partial charge on any atom is -0.481 e. The Labute approximate surface area is 117 Å². The van der Waals surface area contributed by atoms with Gasteiger partial charge in [0.1, 0.15) is 5.82 Å². The highest BCUT2D eigenvalue weighted by Crippen LogP contribution is 2.19. The molecule has 0 radical (unpaired) electrons. The maximum Gasteiger partial charge on any atom is 0.324 e. The molecule has 0 unspecified atom stereocenters. The number of rotatable bonds is 6. The molecule has 0 atom stereocenters. The Morgan fingerprint density at radius 3 is 2.50 bits per heavy atom. The molecule has 5 nitrogen and oxygen atoms in total. The largest absolute Gasteiger partial charge is 0.481 e. The van der Waals surface area contributed by atoms with Crippen molar-refractivity contribution in [1.29, 1.82) is 0 Å². The number of halogens is 1. The third-order valence-electron chi connectivity index (χ3n) is 2.90. The van der Waals surface area contributed by atoms with E-state index in [9.17, 15) is 14.0 Å². The molecule has 0 heterocycles. The first kappa shape index (κ1) is 15.9. The quantitative estimate of drug-likeness (QED) is 0.872. The average Bonchev–Trinajstić information content (AvgIpc) is 2.41. The van der Waals surface area contributed by atoms with Crippen molar-refractivity contribution >= 4 is 17.7 Å². The smallest absolute Gasteiger partial charge is 0.324 e. The first-order chi connectivity index (χ1) is 9.47. The molecule has 0 saturated carbocycles. The van der Waals surface area contributed by atoms with E-state index in [1.807, 2.05) is 0 Å². The van der Waals surface area contributed by atoms with E-state index in [4.69, 9.17) is 5.11 Å². The summed E-state index contributed by atoms with van der Waals surface area (Å²) in [5.74, 6) is -1.35. The van der Waals surface area contributed by atoms with Crippen molar-refractivity contribution in [2.24, 2.45) is 0 Å². The van der Waals surface area contributed by atoms with Gasteiger partial charge in [0.15, 0.2) is 0 Å². The summed E-state index contributed by atoms with van der Waals surface area (Å²) in [5.41, 5.74) is 0.227. The van der Waals surface area contributed by atoms with Crippen LogP contribution in [0, 0.1) is 5.82 Å². The fourth-order valence-electron chi connectivity index (χ4n) is 1.85. The second-order valence-electron chi connectivity index (χ2n) is 4.40. The Balaban J connectivity index is 2.72. The predicted octanol–water partition coefficient (Wildman–Crippen LogP) is 2.57. The van der Waals surface area contributed by atoms with Crippen molar-refractivity contribution in [1.82, 2.24) is 4.90 Å². The van der Waals surface area contributed by atoms with Gasteiger partial charge in [-0.1, -0.05) is 12.1 Å². The molecular formula is C14H19FN2O3. The van der Waals surface area contributed by atoms with E-state index >= 15 is 0 Å². The highest BCUT2D eigenvalue weighted by molar-refractivity contribution is 5.91. The second kappa shape index (κ2) is 7.47. The van der Waals surface area contributed by atoms with E-state index in [0.29, 0.717) is 19.5 Å². The molecule has 6 heteroatoms. The Morgan fingerprint density at radius 1 is 1.30 bits per heavy atom. The van der Waals surface area contributed by atoms with E-state index in [2.05, 4.69) is 0 Å². The lowest BCUT2D eigenvalue weighted by Crippen LogP contribution is -2.42. The van der Waals surface area contributed by atoms with Crippen molar-refractivity contribution in [2.45, 2.75) is 19.8 Å². The summed E-state index contributed by atoms with van der Waals surface area (Å²) >= 11 is 0. The van der Waals surface area contributed by atoms with Crippen LogP contribution in [-0.4, -0.2) is 42.1 Å². The second-order valence-corrected chi connectivity index (χ2v) is 4.40. The standard InChI is InChI=1S/C14H19FN2O3/c1-3-17(12-8-5-4-7-11(12)15)14(20)16(2)10-6-9-13(18)19/h4-5,7-8H,3,6,9-10H2,1-2H3,(H,18,19). The van der Waals surface area contributed by atoms with Gasteiger partial charge in [-0.2, -0.15) is 0 Å². The predicted molar refractivity (Wildman–Crippen MR) is 74.3 cm³/mol. The van der Waals surface area contributed by atoms with Crippen molar-refractivity contribution in [3.63, 3.8) is 0 Å². The number of carbonyl (C=O) groups is 2. The number of benzene rings is 1. The molecular weight excluding hydrogens is 263 g/mol. The van der Waals surface area contributed by atoms with Gasteiger partial charge >= 0.3 is 12.0 Å². The van der Waals surface area contributed by atoms with Gasteiger partial charge in [-0.3, -0.25) is 9.69 Å². The lowest BCUT2D eigenvalue weighted by atomic mass is 10.2. The molecule has 1 N–H and O–H groups in total. The summed E-state index contributed by atoms with van der Waals surface area (Å²) in [5, 5.41) is 8.57. The summed E-state index contributed by atoms with van der Waals surface area (Å²) < 4.78 is 13.7. The maximum atomic E-state index is 13.7. The van der Waals surface area contributed by atoms with Gasteiger partial charge in [0, 0.05) is 26.6 Å². The number of nitrogens with zero attached hydrogens (tertiary/aromatic N) is 2. The zero-order valence-corrected chi connectivity index (χ0v) is 11.7. The van der Waals surface area contributed by atoms with Crippen molar-refractivity contribution < 1.29 is 19.1 Å². The van der Waals surface area contributed by atoms with Crippen LogP contribution in [0.1, 0.15) is 19.8 Å². The van der Waals surface area contributed by atoms with Crippen LogP contribution in [0.15, 0.2) is 24.3 Å². The van der Waals surface area contributed by atoms with Crippen molar-refractivity contribution in [2.75, 3.05) is 25.0 Å². The number of urea groups is 1. The first-order valence-electron chi connectivity index (χ1n) is 6.46. The minimum absolute atomic E-state index is 0.00342. The van der Waals surface area contributed by atoms with Gasteiger partial charge in [0.05, 0.1) is 5.69 Å². The molecule has 0 aliphatic carbocycles. The molecule has 110 valence electrons. The maximum absolute atomic E-state index is 13.7. The molecule has 0 bridgehead atoms. The number of aliphatic carboxylic acids is 1. The molecule has 2 amide bonds. The Kier molecular flexibility index (Phi) is 5.96. The molecule has 1 rings (SSSR count). The van der Waals surface area contributed by atoms with Gasteiger partial charge in [0.25, 0.3) is 0 Å². The lowest BCUT2D eigenvalue weighted by Gasteiger charge is -2.27. The Bertz CT molecular complexity index is 479. The molecule has 0 aliphatic rings. The molecule has 0 aromatic heterocycles. The number of hydrogen-bond acceptors (Lipinski definition) is 2. The zero-order valence-electron chi connectivity index (χ0n) is 11.7. The summed E-state index contributed by atoms with van der Waals surface area (Å²) in [6.07, 6.45) is 0.371. The lowest BCUT2D eigenvalue weighted by molar-refractivity contribution is -0.137. The van der Waals surface area contributed by atoms with E-state index in [0.717, 1.165) is 0 Å². The first-order valence-corrected chi connectivity index (χ1v) is 6.46. The summed E-state index contributed by atoms with van der Waals surface area (Å²) in [4.78, 5) is 25.4. The number of amides is 2. The van der Waals surface area contributed by atoms with Gasteiger partial charge in [0.2, 0.25) is 0 Å². The number of carbonyl (C=O) groups excluding carboxylic acids is 1. The molecule has 1 aromatic carbocycles. The zero-order chi connectivity index (χ0) is 15.1. The van der Waals surface area contributed by atoms with Crippen LogP contribution < -0.4 is 4.90 Å². The molecule has 1 aromatic rings. The molecule has 0 fully saturated rings. The topological polar surface area (TPSA) is 60.9 Å². The van der Waals surface area contributed by atoms with Crippen LogP contribution in [0.25, 0.3) is 0 Å². The van der Waals surface area contributed by atoms with Crippen LogP contribution in [-0.2, 0) is 4.79 Å². The Hall–Kier alpha value is -2.11. The van der Waals surface area contributed by atoms with Gasteiger partial charge in [-0.15, -0.1) is 0 Å². The molecule has 0 aliphatic heterocycles. The summed E-state index contributed by atoms with van der Waals surface area (Å²) in [6.45, 7) is 2.41. The molecule has 0 spiro atoms. The molecule has 0 saturated heterocycles. The van der Waals surface area contributed by atoms with Gasteiger partial charge < -0.3 is 10.0 Å².